The lowest BCUT2D eigenvalue weighted by Gasteiger charge is -2.20. The average Bonchev–Trinajstić information content (AvgIpc) is 2.41. The molecule has 0 saturated heterocycles. The van der Waals surface area contributed by atoms with Gasteiger partial charge in [0.15, 0.2) is 0 Å². The highest BCUT2D eigenvalue weighted by atomic mass is 35.5. The van der Waals surface area contributed by atoms with Crippen molar-refractivity contribution in [1.29, 1.82) is 0 Å². The molecule has 0 fully saturated rings. The fourth-order valence-corrected chi connectivity index (χ4v) is 2.77. The van der Waals surface area contributed by atoms with E-state index >= 15 is 0 Å². The largest absolute Gasteiger partial charge is 0.310 e. The van der Waals surface area contributed by atoms with E-state index in [1.54, 1.807) is 12.1 Å². The lowest BCUT2D eigenvalue weighted by atomic mass is 9.98. The molecule has 21 heavy (non-hydrogen) atoms. The molecule has 1 nitrogen and oxygen atoms in total. The smallest absolute Gasteiger partial charge is 0.129 e. The van der Waals surface area contributed by atoms with Gasteiger partial charge >= 0.3 is 0 Å². The highest BCUT2D eigenvalue weighted by Crippen LogP contribution is 2.29. The van der Waals surface area contributed by atoms with E-state index in [2.05, 4.69) is 5.32 Å². The van der Waals surface area contributed by atoms with E-state index in [0.29, 0.717) is 28.6 Å². The number of rotatable bonds is 5. The first-order valence-electron chi connectivity index (χ1n) is 6.63. The van der Waals surface area contributed by atoms with Crippen molar-refractivity contribution in [3.05, 3.63) is 69.2 Å². The van der Waals surface area contributed by atoms with E-state index < -0.39 is 11.6 Å². The summed E-state index contributed by atoms with van der Waals surface area (Å²) in [5.41, 5.74) is 1.28. The predicted molar refractivity (Wildman–Crippen MR) is 82.9 cm³/mol. The van der Waals surface area contributed by atoms with Crippen molar-refractivity contribution in [2.24, 2.45) is 0 Å². The molecule has 0 aliphatic carbocycles. The van der Waals surface area contributed by atoms with Gasteiger partial charge in [-0.15, -0.1) is 0 Å². The summed E-state index contributed by atoms with van der Waals surface area (Å²) in [5, 5.41) is 4.33. The summed E-state index contributed by atoms with van der Waals surface area (Å²) < 4.78 is 26.8. The van der Waals surface area contributed by atoms with E-state index in [0.717, 1.165) is 11.6 Å². The van der Waals surface area contributed by atoms with Gasteiger partial charge in [0.2, 0.25) is 0 Å². The zero-order valence-electron chi connectivity index (χ0n) is 11.5. The van der Waals surface area contributed by atoms with Gasteiger partial charge in [0.1, 0.15) is 11.6 Å². The minimum absolute atomic E-state index is 0.167. The maximum absolute atomic E-state index is 13.8. The average molecular weight is 330 g/mol. The van der Waals surface area contributed by atoms with Crippen molar-refractivity contribution < 1.29 is 8.78 Å². The van der Waals surface area contributed by atoms with Crippen LogP contribution in [0.25, 0.3) is 0 Å². The quantitative estimate of drug-likeness (QED) is 0.798. The van der Waals surface area contributed by atoms with Crippen LogP contribution in [0.1, 0.15) is 24.1 Å². The van der Waals surface area contributed by atoms with E-state index in [-0.39, 0.29) is 6.04 Å². The van der Waals surface area contributed by atoms with Gasteiger partial charge in [0.05, 0.1) is 0 Å². The number of likely N-dealkylation sites (N-methyl/N-ethyl adjacent to an activating group) is 1. The summed E-state index contributed by atoms with van der Waals surface area (Å²) in [6, 6.07) is 8.66. The Balaban J connectivity index is 2.30. The first-order valence-corrected chi connectivity index (χ1v) is 7.39. The van der Waals surface area contributed by atoms with Crippen molar-refractivity contribution in [2.75, 3.05) is 6.54 Å². The van der Waals surface area contributed by atoms with Crippen LogP contribution in [0, 0.1) is 11.6 Å². The molecular formula is C16H15Cl2F2N. The van der Waals surface area contributed by atoms with Gasteiger partial charge in [-0.1, -0.05) is 42.3 Å². The maximum atomic E-state index is 13.8. The Bertz CT molecular complexity index is 632. The SMILES string of the molecule is CCNC(Cc1ccc(F)cc1F)c1ccc(Cl)cc1Cl. The molecule has 1 unspecified atom stereocenters. The van der Waals surface area contributed by atoms with E-state index in [9.17, 15) is 8.78 Å². The third-order valence-corrected chi connectivity index (χ3v) is 3.79. The van der Waals surface area contributed by atoms with Gasteiger partial charge in [-0.05, 0) is 42.3 Å². The van der Waals surface area contributed by atoms with Crippen LogP contribution in [0.15, 0.2) is 36.4 Å². The Morgan fingerprint density at radius 2 is 1.86 bits per heavy atom. The number of halogens is 4. The van der Waals surface area contributed by atoms with Crippen molar-refractivity contribution >= 4 is 23.2 Å². The molecule has 1 atom stereocenters. The first-order chi connectivity index (χ1) is 10.0. The second kappa shape index (κ2) is 7.21. The Kier molecular flexibility index (Phi) is 5.57. The topological polar surface area (TPSA) is 12.0 Å². The molecule has 0 saturated carbocycles. The third kappa shape index (κ3) is 4.16. The van der Waals surface area contributed by atoms with Crippen LogP contribution < -0.4 is 5.32 Å². The summed E-state index contributed by atoms with van der Waals surface area (Å²) in [4.78, 5) is 0. The van der Waals surface area contributed by atoms with Crippen LogP contribution in [0.5, 0.6) is 0 Å². The fourth-order valence-electron chi connectivity index (χ4n) is 2.23. The van der Waals surface area contributed by atoms with Crippen LogP contribution in [0.4, 0.5) is 8.78 Å². The molecule has 2 rings (SSSR count). The second-order valence-electron chi connectivity index (χ2n) is 4.72. The third-order valence-electron chi connectivity index (χ3n) is 3.23. The molecular weight excluding hydrogens is 315 g/mol. The van der Waals surface area contributed by atoms with Crippen molar-refractivity contribution in [2.45, 2.75) is 19.4 Å². The van der Waals surface area contributed by atoms with Gasteiger partial charge in [0.25, 0.3) is 0 Å². The molecule has 112 valence electrons. The molecule has 0 aliphatic heterocycles. The van der Waals surface area contributed by atoms with Gasteiger partial charge in [-0.25, -0.2) is 8.78 Å². The van der Waals surface area contributed by atoms with Crippen LogP contribution in [0.2, 0.25) is 10.0 Å². The van der Waals surface area contributed by atoms with Gasteiger partial charge in [0, 0.05) is 22.2 Å². The van der Waals surface area contributed by atoms with Crippen LogP contribution in [-0.4, -0.2) is 6.54 Å². The number of nitrogens with one attached hydrogen (secondary N) is 1. The van der Waals surface area contributed by atoms with E-state index in [4.69, 9.17) is 23.2 Å². The monoisotopic (exact) mass is 329 g/mol. The molecule has 0 aromatic heterocycles. The summed E-state index contributed by atoms with van der Waals surface area (Å²) >= 11 is 12.1. The lowest BCUT2D eigenvalue weighted by molar-refractivity contribution is 0.521. The van der Waals surface area contributed by atoms with E-state index in [1.807, 2.05) is 13.0 Å². The zero-order chi connectivity index (χ0) is 15.4. The van der Waals surface area contributed by atoms with E-state index in [1.165, 1.54) is 12.1 Å². The molecule has 0 radical (unpaired) electrons. The van der Waals surface area contributed by atoms with Gasteiger partial charge < -0.3 is 5.32 Å². The molecule has 0 amide bonds. The number of hydrogen-bond acceptors (Lipinski definition) is 1. The Hall–Kier alpha value is -1.16. The molecule has 0 bridgehead atoms. The highest BCUT2D eigenvalue weighted by molar-refractivity contribution is 6.35. The first kappa shape index (κ1) is 16.2. The molecule has 0 spiro atoms. The lowest BCUT2D eigenvalue weighted by Crippen LogP contribution is -2.23. The molecule has 0 aliphatic rings. The Labute approximate surface area is 132 Å². The summed E-state index contributed by atoms with van der Waals surface area (Å²) in [6.07, 6.45) is 0.376. The normalized spacial score (nSPS) is 12.4. The highest BCUT2D eigenvalue weighted by Gasteiger charge is 2.17. The summed E-state index contributed by atoms with van der Waals surface area (Å²) in [7, 11) is 0. The number of benzene rings is 2. The Morgan fingerprint density at radius 3 is 2.48 bits per heavy atom. The standard InChI is InChI=1S/C16H15Cl2F2N/c1-2-21-16(13-6-4-11(17)8-14(13)18)7-10-3-5-12(19)9-15(10)20/h3-6,8-9,16,21H,2,7H2,1H3. The minimum atomic E-state index is -0.583. The van der Waals surface area contributed by atoms with Crippen LogP contribution in [0.3, 0.4) is 0 Å². The molecule has 2 aromatic rings. The zero-order valence-corrected chi connectivity index (χ0v) is 13.0. The van der Waals surface area contributed by atoms with Crippen molar-refractivity contribution in [1.82, 2.24) is 5.32 Å². The summed E-state index contributed by atoms with van der Waals surface area (Å²) in [6.45, 7) is 2.66. The molecule has 5 heteroatoms. The minimum Gasteiger partial charge on any atom is -0.310 e. The maximum Gasteiger partial charge on any atom is 0.129 e. The summed E-state index contributed by atoms with van der Waals surface area (Å²) in [5.74, 6) is -1.14. The molecule has 1 N–H and O–H groups in total. The molecule has 2 aromatic carbocycles. The number of hydrogen-bond donors (Lipinski definition) is 1. The second-order valence-corrected chi connectivity index (χ2v) is 5.56. The van der Waals surface area contributed by atoms with Crippen LogP contribution in [-0.2, 0) is 6.42 Å². The van der Waals surface area contributed by atoms with Crippen molar-refractivity contribution in [3.8, 4) is 0 Å². The van der Waals surface area contributed by atoms with Crippen molar-refractivity contribution in [3.63, 3.8) is 0 Å². The van der Waals surface area contributed by atoms with Gasteiger partial charge in [-0.3, -0.25) is 0 Å². The van der Waals surface area contributed by atoms with Crippen LogP contribution >= 0.6 is 23.2 Å². The predicted octanol–water partition coefficient (Wildman–Crippen LogP) is 5.16. The fraction of sp³-hybridized carbons (Fsp3) is 0.250. The molecule has 0 heterocycles. The van der Waals surface area contributed by atoms with Gasteiger partial charge in [-0.2, -0.15) is 0 Å². The Morgan fingerprint density at radius 1 is 1.10 bits per heavy atom.